The normalized spacial score (nSPS) is 21.8. The van der Waals surface area contributed by atoms with Crippen LogP contribution in [-0.2, 0) is 9.59 Å². The molecule has 1 fully saturated rings. The number of rotatable bonds is 4. The van der Waals surface area contributed by atoms with E-state index in [2.05, 4.69) is 17.2 Å². The molecule has 0 saturated carbocycles. The molecule has 2 heterocycles. The van der Waals surface area contributed by atoms with Crippen LogP contribution in [0.5, 0.6) is 0 Å². The summed E-state index contributed by atoms with van der Waals surface area (Å²) >= 11 is 1.60. The fourth-order valence-corrected chi connectivity index (χ4v) is 3.06. The van der Waals surface area contributed by atoms with Gasteiger partial charge in [-0.25, -0.2) is 4.98 Å². The largest absolute Gasteiger partial charge is 0.344 e. The van der Waals surface area contributed by atoms with Gasteiger partial charge in [-0.15, -0.1) is 11.3 Å². The van der Waals surface area contributed by atoms with E-state index in [1.54, 1.807) is 22.4 Å². The summed E-state index contributed by atoms with van der Waals surface area (Å²) < 4.78 is 0. The van der Waals surface area contributed by atoms with Gasteiger partial charge in [-0.3, -0.25) is 9.59 Å². The molecule has 6 heteroatoms. The number of amides is 2. The number of thiazole rings is 1. The molecule has 2 rings (SSSR count). The Morgan fingerprint density at radius 1 is 1.45 bits per heavy atom. The molecule has 0 spiro atoms. The van der Waals surface area contributed by atoms with E-state index in [0.717, 1.165) is 5.01 Å². The van der Waals surface area contributed by atoms with Crippen molar-refractivity contribution < 1.29 is 9.59 Å². The van der Waals surface area contributed by atoms with E-state index in [4.69, 9.17) is 0 Å². The zero-order valence-corrected chi connectivity index (χ0v) is 12.9. The van der Waals surface area contributed by atoms with Crippen LogP contribution in [-0.4, -0.2) is 40.8 Å². The first-order valence-electron chi connectivity index (χ1n) is 6.96. The van der Waals surface area contributed by atoms with Crippen LogP contribution < -0.4 is 5.32 Å². The van der Waals surface area contributed by atoms with Gasteiger partial charge in [0.05, 0.1) is 5.01 Å². The molecule has 0 aliphatic carbocycles. The number of hydrogen-bond donors (Lipinski definition) is 1. The molecule has 2 amide bonds. The average molecular weight is 295 g/mol. The lowest BCUT2D eigenvalue weighted by atomic mass is 10.0. The Morgan fingerprint density at radius 3 is 2.80 bits per heavy atom. The topological polar surface area (TPSA) is 62.3 Å². The highest BCUT2D eigenvalue weighted by atomic mass is 32.1. The molecular weight excluding hydrogens is 274 g/mol. The van der Waals surface area contributed by atoms with E-state index in [1.807, 2.05) is 19.2 Å². The van der Waals surface area contributed by atoms with Crippen LogP contribution in [0.1, 0.15) is 38.1 Å². The van der Waals surface area contributed by atoms with Crippen LogP contribution in [0.15, 0.2) is 11.6 Å². The second-order valence-electron chi connectivity index (χ2n) is 5.59. The zero-order valence-electron chi connectivity index (χ0n) is 12.1. The first kappa shape index (κ1) is 15.0. The molecule has 20 heavy (non-hydrogen) atoms. The van der Waals surface area contributed by atoms with Gasteiger partial charge in [0, 0.05) is 37.0 Å². The van der Waals surface area contributed by atoms with Gasteiger partial charge in [0.25, 0.3) is 0 Å². The van der Waals surface area contributed by atoms with E-state index in [9.17, 15) is 9.59 Å². The van der Waals surface area contributed by atoms with E-state index in [1.165, 1.54) is 0 Å². The van der Waals surface area contributed by atoms with Crippen molar-refractivity contribution in [1.82, 2.24) is 15.2 Å². The number of carbonyl (C=O) groups is 2. The molecule has 1 aromatic heterocycles. The molecule has 5 nitrogen and oxygen atoms in total. The maximum Gasteiger partial charge on any atom is 0.245 e. The van der Waals surface area contributed by atoms with Gasteiger partial charge in [0.1, 0.15) is 6.04 Å². The Hall–Kier alpha value is -1.43. The van der Waals surface area contributed by atoms with E-state index in [-0.39, 0.29) is 23.7 Å². The third-order valence-electron chi connectivity index (χ3n) is 3.54. The summed E-state index contributed by atoms with van der Waals surface area (Å²) in [7, 11) is 0. The van der Waals surface area contributed by atoms with Crippen LogP contribution in [0.25, 0.3) is 0 Å². The molecule has 0 bridgehead atoms. The smallest absolute Gasteiger partial charge is 0.245 e. The van der Waals surface area contributed by atoms with Crippen molar-refractivity contribution in [3.8, 4) is 0 Å². The summed E-state index contributed by atoms with van der Waals surface area (Å²) in [5.74, 6) is 0.276. The number of aromatic nitrogens is 1. The number of nitrogens with one attached hydrogen (secondary N) is 1. The minimum absolute atomic E-state index is 0.0225. The summed E-state index contributed by atoms with van der Waals surface area (Å²) in [6.45, 7) is 7.08. The van der Waals surface area contributed by atoms with E-state index < -0.39 is 6.04 Å². The summed E-state index contributed by atoms with van der Waals surface area (Å²) in [5.41, 5.74) is 0. The van der Waals surface area contributed by atoms with Crippen molar-refractivity contribution in [2.24, 2.45) is 5.92 Å². The van der Waals surface area contributed by atoms with Crippen molar-refractivity contribution in [3.05, 3.63) is 16.6 Å². The van der Waals surface area contributed by atoms with Crippen molar-refractivity contribution in [1.29, 1.82) is 0 Å². The summed E-state index contributed by atoms with van der Waals surface area (Å²) in [6, 6.07) is -0.409. The Bertz CT molecular complexity index is 473. The molecule has 0 radical (unpaired) electrons. The molecule has 1 N–H and O–H groups in total. The highest BCUT2D eigenvalue weighted by Gasteiger charge is 2.32. The van der Waals surface area contributed by atoms with Crippen LogP contribution in [0.3, 0.4) is 0 Å². The highest BCUT2D eigenvalue weighted by molar-refractivity contribution is 7.09. The maximum atomic E-state index is 12.5. The van der Waals surface area contributed by atoms with Gasteiger partial charge < -0.3 is 10.2 Å². The number of nitrogens with zero attached hydrogens (tertiary/aromatic N) is 2. The molecule has 110 valence electrons. The minimum Gasteiger partial charge on any atom is -0.344 e. The second-order valence-corrected chi connectivity index (χ2v) is 6.52. The number of hydrogen-bond acceptors (Lipinski definition) is 4. The fraction of sp³-hybridized carbons (Fsp3) is 0.643. The van der Waals surface area contributed by atoms with Gasteiger partial charge >= 0.3 is 0 Å². The average Bonchev–Trinajstić information content (AvgIpc) is 2.89. The van der Waals surface area contributed by atoms with Gasteiger partial charge in [0.15, 0.2) is 0 Å². The van der Waals surface area contributed by atoms with Crippen molar-refractivity contribution in [2.45, 2.75) is 39.2 Å². The Kier molecular flexibility index (Phi) is 4.75. The molecule has 1 aromatic rings. The van der Waals surface area contributed by atoms with Crippen molar-refractivity contribution >= 4 is 23.2 Å². The van der Waals surface area contributed by atoms with Gasteiger partial charge in [0.2, 0.25) is 11.8 Å². The molecule has 1 aliphatic rings. The molecule has 0 aromatic carbocycles. The number of carbonyl (C=O) groups excluding carboxylic acids is 2. The van der Waals surface area contributed by atoms with Crippen molar-refractivity contribution in [2.75, 3.05) is 13.1 Å². The lowest BCUT2D eigenvalue weighted by molar-refractivity contribution is -0.134. The lowest BCUT2D eigenvalue weighted by Gasteiger charge is -2.27. The second kappa shape index (κ2) is 6.35. The monoisotopic (exact) mass is 295 g/mol. The predicted octanol–water partition coefficient (Wildman–Crippen LogP) is 1.62. The van der Waals surface area contributed by atoms with Crippen LogP contribution in [0.2, 0.25) is 0 Å². The summed E-state index contributed by atoms with van der Waals surface area (Å²) in [4.78, 5) is 30.3. The predicted molar refractivity (Wildman–Crippen MR) is 78.5 cm³/mol. The molecule has 1 saturated heterocycles. The SMILES string of the molecule is CC(CN1CCC(=O)NC(C(C)C)C1=O)c1nccs1. The Balaban J connectivity index is 2.09. The highest BCUT2D eigenvalue weighted by Crippen LogP contribution is 2.21. The summed E-state index contributed by atoms with van der Waals surface area (Å²) in [6.07, 6.45) is 2.16. The van der Waals surface area contributed by atoms with Crippen LogP contribution in [0.4, 0.5) is 0 Å². The third-order valence-corrected chi connectivity index (χ3v) is 4.54. The van der Waals surface area contributed by atoms with E-state index >= 15 is 0 Å². The molecule has 1 aliphatic heterocycles. The van der Waals surface area contributed by atoms with Crippen molar-refractivity contribution in [3.63, 3.8) is 0 Å². The van der Waals surface area contributed by atoms with Crippen LogP contribution >= 0.6 is 11.3 Å². The molecular formula is C14H21N3O2S. The molecule has 2 atom stereocenters. The molecule has 2 unspecified atom stereocenters. The lowest BCUT2D eigenvalue weighted by Crippen LogP contribution is -2.48. The van der Waals surface area contributed by atoms with Gasteiger partial charge in [-0.1, -0.05) is 20.8 Å². The fourth-order valence-electron chi connectivity index (χ4n) is 2.37. The zero-order chi connectivity index (χ0) is 14.7. The first-order valence-corrected chi connectivity index (χ1v) is 7.84. The maximum absolute atomic E-state index is 12.5. The minimum atomic E-state index is -0.409. The quantitative estimate of drug-likeness (QED) is 0.918. The van der Waals surface area contributed by atoms with Gasteiger partial charge in [-0.05, 0) is 5.92 Å². The first-order chi connectivity index (χ1) is 9.49. The summed E-state index contributed by atoms with van der Waals surface area (Å²) in [5, 5.41) is 5.80. The third kappa shape index (κ3) is 3.36. The van der Waals surface area contributed by atoms with E-state index in [0.29, 0.717) is 19.5 Å². The van der Waals surface area contributed by atoms with Crippen LogP contribution in [0, 0.1) is 5.92 Å². The van der Waals surface area contributed by atoms with Gasteiger partial charge in [-0.2, -0.15) is 0 Å². The Labute approximate surface area is 123 Å². The standard InChI is InChI=1S/C14H21N3O2S/c1-9(2)12-14(19)17(6-4-11(18)16-12)8-10(3)13-15-5-7-20-13/h5,7,9-10,12H,4,6,8H2,1-3H3,(H,16,18). The Morgan fingerprint density at radius 2 is 2.20 bits per heavy atom.